The summed E-state index contributed by atoms with van der Waals surface area (Å²) in [6.45, 7) is 0.000828. The van der Waals surface area contributed by atoms with E-state index in [1.807, 2.05) is 0 Å². The highest BCUT2D eigenvalue weighted by molar-refractivity contribution is 7.90. The molecule has 2 N–H and O–H groups in total. The Morgan fingerprint density at radius 2 is 1.92 bits per heavy atom. The maximum Gasteiger partial charge on any atom is 0.263 e. The number of fused-ring (bicyclic) bond motifs is 1. The molecule has 0 aliphatic carbocycles. The van der Waals surface area contributed by atoms with Crippen molar-refractivity contribution >= 4 is 27.5 Å². The number of hydrogen-bond donors (Lipinski definition) is 2. The van der Waals surface area contributed by atoms with Gasteiger partial charge in [-0.05, 0) is 24.3 Å². The lowest BCUT2D eigenvalue weighted by atomic mass is 10.2. The monoisotopic (exact) mass is 365 g/mol. The van der Waals surface area contributed by atoms with Gasteiger partial charge in [0, 0.05) is 18.1 Å². The average molecular weight is 365 g/mol. The van der Waals surface area contributed by atoms with Gasteiger partial charge in [-0.25, -0.2) is 17.2 Å². The van der Waals surface area contributed by atoms with E-state index >= 15 is 0 Å². The molecule has 2 aromatic rings. The first kappa shape index (κ1) is 17.0. The van der Waals surface area contributed by atoms with Gasteiger partial charge in [0.15, 0.2) is 0 Å². The molecule has 1 aliphatic heterocycles. The van der Waals surface area contributed by atoms with Crippen molar-refractivity contribution in [2.24, 2.45) is 4.99 Å². The van der Waals surface area contributed by atoms with Crippen molar-refractivity contribution in [2.75, 3.05) is 11.9 Å². The van der Waals surface area contributed by atoms with Crippen molar-refractivity contribution in [3.8, 4) is 0 Å². The van der Waals surface area contributed by atoms with Crippen molar-refractivity contribution in [1.82, 2.24) is 4.72 Å². The van der Waals surface area contributed by atoms with E-state index < -0.39 is 27.6 Å². The van der Waals surface area contributed by atoms with Gasteiger partial charge in [-0.15, -0.1) is 0 Å². The molecule has 130 valence electrons. The molecule has 9 heteroatoms. The van der Waals surface area contributed by atoms with Crippen LogP contribution in [-0.4, -0.2) is 26.7 Å². The number of nitrogens with one attached hydrogen (secondary N) is 2. The molecule has 1 aliphatic rings. The van der Waals surface area contributed by atoms with Crippen LogP contribution in [0, 0.1) is 11.6 Å². The lowest BCUT2D eigenvalue weighted by Gasteiger charge is -2.05. The Labute approximate surface area is 142 Å². The van der Waals surface area contributed by atoms with Crippen LogP contribution in [0.5, 0.6) is 0 Å². The molecule has 0 spiro atoms. The fraction of sp³-hybridized carbons (Fsp3) is 0.125. The number of halogens is 2. The van der Waals surface area contributed by atoms with Gasteiger partial charge in [0.05, 0.1) is 17.1 Å². The third-order valence-corrected chi connectivity index (χ3v) is 4.87. The van der Waals surface area contributed by atoms with Crippen LogP contribution in [0.1, 0.15) is 12.0 Å². The lowest BCUT2D eigenvalue weighted by Crippen LogP contribution is -2.23. The second-order valence-corrected chi connectivity index (χ2v) is 6.91. The fourth-order valence-electron chi connectivity index (χ4n) is 2.32. The fourth-order valence-corrected chi connectivity index (χ4v) is 3.58. The van der Waals surface area contributed by atoms with Crippen molar-refractivity contribution in [3.05, 3.63) is 59.7 Å². The predicted octanol–water partition coefficient (Wildman–Crippen LogP) is 2.03. The summed E-state index contributed by atoms with van der Waals surface area (Å²) in [5.41, 5.74) is 0.304. The molecule has 1 heterocycles. The van der Waals surface area contributed by atoms with Crippen molar-refractivity contribution in [2.45, 2.75) is 11.3 Å². The summed E-state index contributed by atoms with van der Waals surface area (Å²) in [7, 11) is -3.63. The van der Waals surface area contributed by atoms with Gasteiger partial charge in [-0.2, -0.15) is 0 Å². The van der Waals surface area contributed by atoms with E-state index in [0.29, 0.717) is 11.6 Å². The van der Waals surface area contributed by atoms with Crippen LogP contribution in [-0.2, 0) is 14.8 Å². The van der Waals surface area contributed by atoms with Crippen molar-refractivity contribution in [1.29, 1.82) is 0 Å². The SMILES string of the molecule is O=C(CCN=C1NS(=O)(=O)c2ccccc21)Nc1ccc(F)cc1F. The number of amides is 1. The van der Waals surface area contributed by atoms with Crippen LogP contribution in [0.15, 0.2) is 52.4 Å². The van der Waals surface area contributed by atoms with Crippen LogP contribution in [0.2, 0.25) is 0 Å². The molecular weight excluding hydrogens is 352 g/mol. The Balaban J connectivity index is 1.65. The Hall–Kier alpha value is -2.81. The minimum Gasteiger partial charge on any atom is -0.324 e. The van der Waals surface area contributed by atoms with Crippen LogP contribution in [0.4, 0.5) is 14.5 Å². The van der Waals surface area contributed by atoms with Crippen molar-refractivity contribution in [3.63, 3.8) is 0 Å². The molecular formula is C16H13F2N3O3S. The highest BCUT2D eigenvalue weighted by atomic mass is 32.2. The number of hydrogen-bond acceptors (Lipinski definition) is 4. The number of benzene rings is 2. The van der Waals surface area contributed by atoms with E-state index in [1.165, 1.54) is 6.07 Å². The number of carbonyl (C=O) groups excluding carboxylic acids is 1. The third kappa shape index (κ3) is 3.66. The van der Waals surface area contributed by atoms with Crippen LogP contribution in [0.25, 0.3) is 0 Å². The van der Waals surface area contributed by atoms with E-state index in [0.717, 1.165) is 12.1 Å². The molecule has 2 aromatic carbocycles. The topological polar surface area (TPSA) is 87.6 Å². The normalized spacial score (nSPS) is 16.3. The first-order chi connectivity index (χ1) is 11.9. The second-order valence-electron chi connectivity index (χ2n) is 5.25. The first-order valence-corrected chi connectivity index (χ1v) is 8.77. The highest BCUT2D eigenvalue weighted by Crippen LogP contribution is 2.22. The van der Waals surface area contributed by atoms with Gasteiger partial charge in [0.1, 0.15) is 17.5 Å². The molecule has 0 saturated heterocycles. The predicted molar refractivity (Wildman–Crippen MR) is 87.8 cm³/mol. The zero-order chi connectivity index (χ0) is 18.0. The Bertz CT molecular complexity index is 974. The lowest BCUT2D eigenvalue weighted by molar-refractivity contribution is -0.116. The summed E-state index contributed by atoms with van der Waals surface area (Å²) < 4.78 is 52.5. The van der Waals surface area contributed by atoms with Gasteiger partial charge in [0.25, 0.3) is 10.0 Å². The summed E-state index contributed by atoms with van der Waals surface area (Å²) in [6, 6.07) is 9.18. The molecule has 1 amide bonds. The average Bonchev–Trinajstić information content (AvgIpc) is 2.82. The van der Waals surface area contributed by atoms with Crippen LogP contribution in [0.3, 0.4) is 0 Å². The molecule has 0 fully saturated rings. The molecule has 0 aromatic heterocycles. The Morgan fingerprint density at radius 3 is 2.68 bits per heavy atom. The smallest absolute Gasteiger partial charge is 0.263 e. The molecule has 0 radical (unpaired) electrons. The van der Waals surface area contributed by atoms with Crippen LogP contribution >= 0.6 is 0 Å². The maximum absolute atomic E-state index is 13.5. The summed E-state index contributed by atoms with van der Waals surface area (Å²) >= 11 is 0. The number of amidine groups is 1. The van der Waals surface area contributed by atoms with Crippen LogP contribution < -0.4 is 10.0 Å². The van der Waals surface area contributed by atoms with E-state index in [2.05, 4.69) is 15.0 Å². The van der Waals surface area contributed by atoms with E-state index in [-0.39, 0.29) is 29.4 Å². The van der Waals surface area contributed by atoms with E-state index in [1.54, 1.807) is 18.2 Å². The summed E-state index contributed by atoms with van der Waals surface area (Å²) in [6.07, 6.45) is -0.0930. The molecule has 0 bridgehead atoms. The largest absolute Gasteiger partial charge is 0.324 e. The molecule has 3 rings (SSSR count). The summed E-state index contributed by atoms with van der Waals surface area (Å²) in [5, 5.41) is 2.31. The zero-order valence-electron chi connectivity index (χ0n) is 12.8. The molecule has 0 saturated carbocycles. The number of nitrogens with zero attached hydrogens (tertiary/aromatic N) is 1. The van der Waals surface area contributed by atoms with Gasteiger partial charge in [-0.1, -0.05) is 12.1 Å². The number of carbonyl (C=O) groups is 1. The van der Waals surface area contributed by atoms with Gasteiger partial charge >= 0.3 is 0 Å². The Kier molecular flexibility index (Phi) is 4.49. The molecule has 6 nitrogen and oxygen atoms in total. The third-order valence-electron chi connectivity index (χ3n) is 3.48. The second kappa shape index (κ2) is 6.60. The Morgan fingerprint density at radius 1 is 1.16 bits per heavy atom. The van der Waals surface area contributed by atoms with Gasteiger partial charge in [-0.3, -0.25) is 14.5 Å². The van der Waals surface area contributed by atoms with Gasteiger partial charge < -0.3 is 5.32 Å². The highest BCUT2D eigenvalue weighted by Gasteiger charge is 2.29. The molecule has 0 atom stereocenters. The van der Waals surface area contributed by atoms with Crippen molar-refractivity contribution < 1.29 is 22.0 Å². The standard InChI is InChI=1S/C16H13F2N3O3S/c17-10-5-6-13(12(18)9-10)20-15(22)7-8-19-16-11-3-1-2-4-14(11)25(23,24)21-16/h1-6,9H,7-8H2,(H,19,21)(H,20,22). The number of aliphatic imine (C=N–C) groups is 1. The number of rotatable bonds is 4. The number of anilines is 1. The van der Waals surface area contributed by atoms with E-state index in [9.17, 15) is 22.0 Å². The maximum atomic E-state index is 13.5. The number of sulfonamides is 1. The zero-order valence-corrected chi connectivity index (χ0v) is 13.6. The quantitative estimate of drug-likeness (QED) is 0.869. The van der Waals surface area contributed by atoms with E-state index in [4.69, 9.17) is 0 Å². The van der Waals surface area contributed by atoms with Gasteiger partial charge in [0.2, 0.25) is 5.91 Å². The first-order valence-electron chi connectivity index (χ1n) is 7.28. The summed E-state index contributed by atoms with van der Waals surface area (Å²) in [5.74, 6) is -1.98. The minimum absolute atomic E-state index is 0.000828. The minimum atomic E-state index is -3.63. The molecule has 0 unspecified atom stereocenters. The molecule has 25 heavy (non-hydrogen) atoms. The summed E-state index contributed by atoms with van der Waals surface area (Å²) in [4.78, 5) is 16.0.